The number of carbonyl (C=O) groups is 1. The van der Waals surface area contributed by atoms with Gasteiger partial charge in [0.25, 0.3) is 5.91 Å². The van der Waals surface area contributed by atoms with Crippen molar-refractivity contribution in [1.29, 1.82) is 0 Å². The van der Waals surface area contributed by atoms with Crippen LogP contribution in [0.2, 0.25) is 0 Å². The topological polar surface area (TPSA) is 34.4 Å². The van der Waals surface area contributed by atoms with Gasteiger partial charge in [0.15, 0.2) is 4.80 Å². The first-order chi connectivity index (χ1) is 10.2. The average molecular weight is 300 g/mol. The van der Waals surface area contributed by atoms with Crippen LogP contribution in [-0.2, 0) is 11.3 Å². The molecule has 1 heterocycles. The molecule has 0 N–H and O–H groups in total. The third-order valence-corrected chi connectivity index (χ3v) is 4.84. The molecule has 0 unspecified atom stereocenters. The highest BCUT2D eigenvalue weighted by Crippen LogP contribution is 2.25. The molecule has 1 aromatic heterocycles. The summed E-state index contributed by atoms with van der Waals surface area (Å²) in [6.45, 7) is 2.85. The van der Waals surface area contributed by atoms with E-state index in [1.54, 1.807) is 0 Å². The third-order valence-electron chi connectivity index (χ3n) is 4.04. The Morgan fingerprint density at radius 2 is 2.00 bits per heavy atom. The second kappa shape index (κ2) is 6.39. The zero-order valence-electron chi connectivity index (χ0n) is 12.3. The van der Waals surface area contributed by atoms with Gasteiger partial charge in [-0.25, -0.2) is 0 Å². The van der Waals surface area contributed by atoms with Crippen molar-refractivity contribution >= 4 is 17.2 Å². The standard InChI is InChI=1S/C17H20N2OS/c1-13-6-8-14(9-7-13)12-19-10-11-21-17(19)18-16(20)15-4-2-3-5-15/h6-11,15H,2-5,12H2,1H3. The van der Waals surface area contributed by atoms with Gasteiger partial charge in [0.1, 0.15) is 0 Å². The highest BCUT2D eigenvalue weighted by atomic mass is 32.1. The molecule has 0 radical (unpaired) electrons. The molecule has 2 aromatic rings. The number of rotatable bonds is 3. The van der Waals surface area contributed by atoms with Crippen molar-refractivity contribution in [3.63, 3.8) is 0 Å². The Morgan fingerprint density at radius 1 is 1.29 bits per heavy atom. The van der Waals surface area contributed by atoms with Gasteiger partial charge in [0.05, 0.1) is 0 Å². The number of aryl methyl sites for hydroxylation is 1. The summed E-state index contributed by atoms with van der Waals surface area (Å²) >= 11 is 1.53. The molecule has 1 aliphatic carbocycles. The lowest BCUT2D eigenvalue weighted by Gasteiger charge is -2.05. The summed E-state index contributed by atoms with van der Waals surface area (Å²) in [5, 5.41) is 1.99. The van der Waals surface area contributed by atoms with Gasteiger partial charge < -0.3 is 4.57 Å². The molecule has 0 atom stereocenters. The van der Waals surface area contributed by atoms with Crippen molar-refractivity contribution in [2.24, 2.45) is 10.9 Å². The van der Waals surface area contributed by atoms with Crippen molar-refractivity contribution < 1.29 is 4.79 Å². The van der Waals surface area contributed by atoms with Gasteiger partial charge in [0.2, 0.25) is 0 Å². The van der Waals surface area contributed by atoms with Gasteiger partial charge in [-0.3, -0.25) is 4.79 Å². The van der Waals surface area contributed by atoms with E-state index < -0.39 is 0 Å². The Hall–Kier alpha value is -1.68. The Labute approximate surface area is 129 Å². The predicted molar refractivity (Wildman–Crippen MR) is 85.1 cm³/mol. The van der Waals surface area contributed by atoms with E-state index in [9.17, 15) is 4.79 Å². The Morgan fingerprint density at radius 3 is 2.71 bits per heavy atom. The molecule has 0 aliphatic heterocycles. The fourth-order valence-electron chi connectivity index (χ4n) is 2.76. The van der Waals surface area contributed by atoms with Gasteiger partial charge in [-0.05, 0) is 25.3 Å². The van der Waals surface area contributed by atoms with E-state index in [0.717, 1.165) is 24.2 Å². The van der Waals surface area contributed by atoms with E-state index >= 15 is 0 Å². The zero-order valence-corrected chi connectivity index (χ0v) is 13.1. The molecule has 1 fully saturated rings. The lowest BCUT2D eigenvalue weighted by atomic mass is 10.1. The number of nitrogens with zero attached hydrogens (tertiary/aromatic N) is 2. The van der Waals surface area contributed by atoms with Crippen LogP contribution in [0.3, 0.4) is 0 Å². The number of carbonyl (C=O) groups excluding carboxylic acids is 1. The molecule has 21 heavy (non-hydrogen) atoms. The molecule has 0 bridgehead atoms. The first-order valence-corrected chi connectivity index (χ1v) is 8.38. The summed E-state index contributed by atoms with van der Waals surface area (Å²) in [6, 6.07) is 8.48. The molecule has 110 valence electrons. The lowest BCUT2D eigenvalue weighted by molar-refractivity contribution is -0.121. The molecule has 3 rings (SSSR count). The largest absolute Gasteiger partial charge is 0.319 e. The van der Waals surface area contributed by atoms with E-state index in [1.165, 1.54) is 35.3 Å². The summed E-state index contributed by atoms with van der Waals surface area (Å²) in [7, 11) is 0. The van der Waals surface area contributed by atoms with Gasteiger partial charge in [-0.1, -0.05) is 42.7 Å². The summed E-state index contributed by atoms with van der Waals surface area (Å²) in [6.07, 6.45) is 6.35. The first-order valence-electron chi connectivity index (χ1n) is 7.50. The molecule has 0 saturated heterocycles. The van der Waals surface area contributed by atoms with Crippen LogP contribution in [0.1, 0.15) is 36.8 Å². The summed E-state index contributed by atoms with van der Waals surface area (Å²) in [4.78, 5) is 17.4. The molecule has 1 saturated carbocycles. The van der Waals surface area contributed by atoms with Crippen LogP contribution in [0.4, 0.5) is 0 Å². The van der Waals surface area contributed by atoms with E-state index in [-0.39, 0.29) is 11.8 Å². The highest BCUT2D eigenvalue weighted by molar-refractivity contribution is 7.07. The molecule has 1 aliphatic rings. The molecule has 0 spiro atoms. The minimum absolute atomic E-state index is 0.0626. The molecular weight excluding hydrogens is 280 g/mol. The highest BCUT2D eigenvalue weighted by Gasteiger charge is 2.22. The number of aromatic nitrogens is 1. The van der Waals surface area contributed by atoms with Crippen LogP contribution in [0, 0.1) is 12.8 Å². The summed E-state index contributed by atoms with van der Waals surface area (Å²) in [5.41, 5.74) is 2.49. The third kappa shape index (κ3) is 3.50. The van der Waals surface area contributed by atoms with Crippen LogP contribution in [-0.4, -0.2) is 10.5 Å². The monoisotopic (exact) mass is 300 g/mol. The normalized spacial score (nSPS) is 16.5. The van der Waals surface area contributed by atoms with Gasteiger partial charge in [-0.2, -0.15) is 4.99 Å². The van der Waals surface area contributed by atoms with Gasteiger partial charge in [-0.15, -0.1) is 11.3 Å². The maximum atomic E-state index is 12.2. The minimum Gasteiger partial charge on any atom is -0.319 e. The quantitative estimate of drug-likeness (QED) is 0.854. The van der Waals surface area contributed by atoms with Crippen LogP contribution < -0.4 is 4.80 Å². The van der Waals surface area contributed by atoms with E-state index in [1.807, 2.05) is 11.6 Å². The number of thiazole rings is 1. The number of hydrogen-bond donors (Lipinski definition) is 0. The fraction of sp³-hybridized carbons (Fsp3) is 0.412. The Kier molecular flexibility index (Phi) is 4.34. The first kappa shape index (κ1) is 14.3. The number of amides is 1. The zero-order chi connectivity index (χ0) is 14.7. The Bertz CT molecular complexity index is 675. The second-order valence-corrected chi connectivity index (χ2v) is 6.60. The molecule has 3 nitrogen and oxygen atoms in total. The molecule has 1 amide bonds. The molecular formula is C17H20N2OS. The van der Waals surface area contributed by atoms with Gasteiger partial charge >= 0.3 is 0 Å². The van der Waals surface area contributed by atoms with Crippen molar-refractivity contribution in [2.75, 3.05) is 0 Å². The maximum Gasteiger partial charge on any atom is 0.251 e. The van der Waals surface area contributed by atoms with E-state index in [4.69, 9.17) is 0 Å². The smallest absolute Gasteiger partial charge is 0.251 e. The number of hydrogen-bond acceptors (Lipinski definition) is 2. The summed E-state index contributed by atoms with van der Waals surface area (Å²) < 4.78 is 2.06. The predicted octanol–water partition coefficient (Wildman–Crippen LogP) is 3.52. The Balaban J connectivity index is 1.80. The SMILES string of the molecule is Cc1ccc(Cn2ccsc2=NC(=O)C2CCCC2)cc1. The van der Waals surface area contributed by atoms with Crippen LogP contribution in [0.15, 0.2) is 40.8 Å². The van der Waals surface area contributed by atoms with Crippen molar-refractivity contribution in [2.45, 2.75) is 39.2 Å². The second-order valence-electron chi connectivity index (χ2n) is 5.73. The van der Waals surface area contributed by atoms with Crippen molar-refractivity contribution in [1.82, 2.24) is 4.57 Å². The van der Waals surface area contributed by atoms with E-state index in [2.05, 4.69) is 40.7 Å². The maximum absolute atomic E-state index is 12.2. The van der Waals surface area contributed by atoms with E-state index in [0.29, 0.717) is 0 Å². The van der Waals surface area contributed by atoms with Crippen molar-refractivity contribution in [3.8, 4) is 0 Å². The van der Waals surface area contributed by atoms with Crippen LogP contribution in [0.25, 0.3) is 0 Å². The van der Waals surface area contributed by atoms with Crippen LogP contribution in [0.5, 0.6) is 0 Å². The average Bonchev–Trinajstić information content (AvgIpc) is 3.14. The van der Waals surface area contributed by atoms with Crippen molar-refractivity contribution in [3.05, 3.63) is 51.8 Å². The van der Waals surface area contributed by atoms with Gasteiger partial charge in [0, 0.05) is 24.0 Å². The molecule has 1 aromatic carbocycles. The number of benzene rings is 1. The molecule has 4 heteroatoms. The summed E-state index contributed by atoms with van der Waals surface area (Å²) in [5.74, 6) is 0.215. The lowest BCUT2D eigenvalue weighted by Crippen LogP contribution is -2.19. The fourth-order valence-corrected chi connectivity index (χ4v) is 3.49. The minimum atomic E-state index is 0.0626. The van der Waals surface area contributed by atoms with Crippen LogP contribution >= 0.6 is 11.3 Å².